The molecule has 19 heavy (non-hydrogen) atoms. The molecule has 0 aromatic carbocycles. The topological polar surface area (TPSA) is 31.4 Å². The van der Waals surface area contributed by atoms with Crippen molar-refractivity contribution in [3.63, 3.8) is 0 Å². The Labute approximate surface area is 119 Å². The number of rotatable bonds is 3. The molecule has 2 aliphatic heterocycles. The first kappa shape index (κ1) is 13.2. The van der Waals surface area contributed by atoms with Crippen LogP contribution in [0, 0.1) is 0 Å². The molecule has 2 unspecified atom stereocenters. The number of hydrogen-bond acceptors (Lipinski definition) is 5. The molecule has 0 spiro atoms. The zero-order valence-corrected chi connectivity index (χ0v) is 12.3. The van der Waals surface area contributed by atoms with E-state index >= 15 is 0 Å². The minimum absolute atomic E-state index is 0.709. The molecule has 3 rings (SSSR count). The van der Waals surface area contributed by atoms with Crippen molar-refractivity contribution in [2.24, 2.45) is 0 Å². The van der Waals surface area contributed by atoms with E-state index in [2.05, 4.69) is 38.5 Å². The van der Waals surface area contributed by atoms with Crippen molar-refractivity contribution >= 4 is 17.6 Å². The predicted molar refractivity (Wildman–Crippen MR) is 82.0 cm³/mol. The third kappa shape index (κ3) is 2.88. The Morgan fingerprint density at radius 2 is 2.05 bits per heavy atom. The van der Waals surface area contributed by atoms with Gasteiger partial charge in [-0.1, -0.05) is 6.07 Å². The molecule has 1 aromatic rings. The highest BCUT2D eigenvalue weighted by Crippen LogP contribution is 2.22. The molecule has 3 heterocycles. The van der Waals surface area contributed by atoms with E-state index in [1.54, 1.807) is 0 Å². The number of nitrogens with one attached hydrogen (secondary N) is 1. The van der Waals surface area contributed by atoms with E-state index in [0.29, 0.717) is 6.04 Å². The van der Waals surface area contributed by atoms with Crippen LogP contribution >= 0.6 is 11.8 Å². The van der Waals surface area contributed by atoms with E-state index in [4.69, 9.17) is 0 Å². The summed E-state index contributed by atoms with van der Waals surface area (Å²) in [6.45, 7) is 6.80. The van der Waals surface area contributed by atoms with Crippen LogP contribution in [-0.2, 0) is 0 Å². The zero-order chi connectivity index (χ0) is 13.1. The van der Waals surface area contributed by atoms with Gasteiger partial charge >= 0.3 is 0 Å². The first-order valence-electron chi connectivity index (χ1n) is 7.02. The maximum absolute atomic E-state index is 4.45. The van der Waals surface area contributed by atoms with Gasteiger partial charge in [0.2, 0.25) is 0 Å². The summed E-state index contributed by atoms with van der Waals surface area (Å²) in [5.41, 5.74) is 0. The number of piperazine rings is 1. The molecular formula is C14H22N4S. The number of aromatic nitrogens is 1. The summed E-state index contributed by atoms with van der Waals surface area (Å²) in [5.74, 6) is 1.12. The Morgan fingerprint density at radius 3 is 2.74 bits per heavy atom. The van der Waals surface area contributed by atoms with Crippen molar-refractivity contribution in [1.82, 2.24) is 15.2 Å². The molecule has 2 atom stereocenters. The molecule has 0 bridgehead atoms. The van der Waals surface area contributed by atoms with Gasteiger partial charge in [0, 0.05) is 56.8 Å². The smallest absolute Gasteiger partial charge is 0.128 e. The lowest BCUT2D eigenvalue weighted by Gasteiger charge is -2.39. The van der Waals surface area contributed by atoms with Crippen LogP contribution in [0.5, 0.6) is 0 Å². The molecule has 2 saturated heterocycles. The van der Waals surface area contributed by atoms with Crippen LogP contribution < -0.4 is 10.2 Å². The number of pyridine rings is 1. The fourth-order valence-electron chi connectivity index (χ4n) is 3.07. The monoisotopic (exact) mass is 278 g/mol. The van der Waals surface area contributed by atoms with Crippen LogP contribution in [0.1, 0.15) is 0 Å². The maximum atomic E-state index is 4.45. The molecule has 0 aliphatic carbocycles. The number of hydrogen-bond donors (Lipinski definition) is 1. The molecule has 1 N–H and O–H groups in total. The second-order valence-corrected chi connectivity index (χ2v) is 6.29. The van der Waals surface area contributed by atoms with Crippen LogP contribution in [0.25, 0.3) is 0 Å². The van der Waals surface area contributed by atoms with Gasteiger partial charge in [0.1, 0.15) is 5.82 Å². The Morgan fingerprint density at radius 1 is 1.21 bits per heavy atom. The molecule has 104 valence electrons. The molecule has 5 heteroatoms. The summed E-state index contributed by atoms with van der Waals surface area (Å²) in [4.78, 5) is 9.50. The third-order valence-electron chi connectivity index (χ3n) is 4.19. The first-order chi connectivity index (χ1) is 9.38. The lowest BCUT2D eigenvalue weighted by atomic mass is 10.2. The van der Waals surface area contributed by atoms with E-state index in [9.17, 15) is 0 Å². The summed E-state index contributed by atoms with van der Waals surface area (Å²) in [6, 6.07) is 6.87. The summed E-state index contributed by atoms with van der Waals surface area (Å²) in [5, 5.41) is 4.28. The Balaban J connectivity index is 1.58. The summed E-state index contributed by atoms with van der Waals surface area (Å²) >= 11 is 2.00. The van der Waals surface area contributed by atoms with Gasteiger partial charge in [-0.15, -0.1) is 0 Å². The third-order valence-corrected chi connectivity index (χ3v) is 5.27. The molecular weight excluding hydrogens is 256 g/mol. The maximum Gasteiger partial charge on any atom is 0.128 e. The first-order valence-corrected chi connectivity index (χ1v) is 8.31. The van der Waals surface area contributed by atoms with Gasteiger partial charge in [0.05, 0.1) is 0 Å². The minimum Gasteiger partial charge on any atom is -0.354 e. The molecule has 0 radical (unpaired) electrons. The van der Waals surface area contributed by atoms with Crippen LogP contribution in [0.2, 0.25) is 0 Å². The molecule has 0 saturated carbocycles. The molecule has 4 nitrogen and oxygen atoms in total. The van der Waals surface area contributed by atoms with E-state index in [1.807, 2.05) is 24.0 Å². The normalized spacial score (nSPS) is 28.8. The highest BCUT2D eigenvalue weighted by molar-refractivity contribution is 7.99. The molecule has 2 fully saturated rings. The van der Waals surface area contributed by atoms with Gasteiger partial charge in [-0.2, -0.15) is 11.8 Å². The van der Waals surface area contributed by atoms with E-state index in [1.165, 1.54) is 0 Å². The Hall–Kier alpha value is -0.780. The Kier molecular flexibility index (Phi) is 4.25. The SMILES string of the molecule is CSC1CNCC1N1CCN(c2ccccn2)CC1. The molecule has 0 amide bonds. The lowest BCUT2D eigenvalue weighted by molar-refractivity contribution is 0.199. The van der Waals surface area contributed by atoms with Gasteiger partial charge in [0.15, 0.2) is 0 Å². The van der Waals surface area contributed by atoms with Gasteiger partial charge in [-0.25, -0.2) is 4.98 Å². The van der Waals surface area contributed by atoms with Crippen molar-refractivity contribution in [3.8, 4) is 0 Å². The quantitative estimate of drug-likeness (QED) is 0.888. The van der Waals surface area contributed by atoms with Crippen LogP contribution in [-0.4, -0.2) is 66.7 Å². The highest BCUT2D eigenvalue weighted by atomic mass is 32.2. The molecule has 2 aliphatic rings. The van der Waals surface area contributed by atoms with Crippen LogP contribution in [0.4, 0.5) is 5.82 Å². The standard InChI is InChI=1S/C14H22N4S/c1-19-13-11-15-10-12(13)17-6-8-18(9-7-17)14-4-2-3-5-16-14/h2-5,12-13,15H,6-11H2,1H3. The number of anilines is 1. The van der Waals surface area contributed by atoms with E-state index < -0.39 is 0 Å². The van der Waals surface area contributed by atoms with Crippen LogP contribution in [0.3, 0.4) is 0 Å². The van der Waals surface area contributed by atoms with Gasteiger partial charge in [0.25, 0.3) is 0 Å². The van der Waals surface area contributed by atoms with Gasteiger partial charge in [-0.05, 0) is 18.4 Å². The summed E-state index contributed by atoms with van der Waals surface area (Å²) in [7, 11) is 0. The van der Waals surface area contributed by atoms with Crippen LogP contribution in [0.15, 0.2) is 24.4 Å². The molecule has 1 aromatic heterocycles. The summed E-state index contributed by atoms with van der Waals surface area (Å²) < 4.78 is 0. The van der Waals surface area contributed by atoms with Crippen molar-refractivity contribution < 1.29 is 0 Å². The number of nitrogens with zero attached hydrogens (tertiary/aromatic N) is 3. The number of thioether (sulfide) groups is 1. The van der Waals surface area contributed by atoms with Gasteiger partial charge < -0.3 is 10.2 Å². The fraction of sp³-hybridized carbons (Fsp3) is 0.643. The van der Waals surface area contributed by atoms with Gasteiger partial charge in [-0.3, -0.25) is 4.90 Å². The van der Waals surface area contributed by atoms with Crippen molar-refractivity contribution in [1.29, 1.82) is 0 Å². The van der Waals surface area contributed by atoms with Crippen molar-refractivity contribution in [2.45, 2.75) is 11.3 Å². The van der Waals surface area contributed by atoms with Crippen molar-refractivity contribution in [2.75, 3.05) is 50.4 Å². The van der Waals surface area contributed by atoms with Crippen molar-refractivity contribution in [3.05, 3.63) is 24.4 Å². The average molecular weight is 278 g/mol. The highest BCUT2D eigenvalue weighted by Gasteiger charge is 2.33. The second kappa shape index (κ2) is 6.11. The largest absolute Gasteiger partial charge is 0.354 e. The zero-order valence-electron chi connectivity index (χ0n) is 11.5. The van der Waals surface area contributed by atoms with E-state index in [-0.39, 0.29) is 0 Å². The average Bonchev–Trinajstić information content (AvgIpc) is 2.97. The minimum atomic E-state index is 0.709. The summed E-state index contributed by atoms with van der Waals surface area (Å²) in [6.07, 6.45) is 4.11. The Bertz CT molecular complexity index is 392. The lowest BCUT2D eigenvalue weighted by Crippen LogP contribution is -2.53. The fourth-order valence-corrected chi connectivity index (χ4v) is 3.94. The van der Waals surface area contributed by atoms with E-state index in [0.717, 1.165) is 50.3 Å². The second-order valence-electron chi connectivity index (χ2n) is 5.21. The predicted octanol–water partition coefficient (Wildman–Crippen LogP) is 0.907.